The first kappa shape index (κ1) is 11.9. The van der Waals surface area contributed by atoms with Crippen molar-refractivity contribution >= 4 is 23.1 Å². The van der Waals surface area contributed by atoms with Gasteiger partial charge in [0.1, 0.15) is 6.67 Å². The highest BCUT2D eigenvalue weighted by Gasteiger charge is 1.93. The van der Waals surface area contributed by atoms with Gasteiger partial charge >= 0.3 is 0 Å². The minimum atomic E-state index is 0.498. The lowest BCUT2D eigenvalue weighted by Crippen LogP contribution is -1.97. The number of benzene rings is 1. The first-order valence-electron chi connectivity index (χ1n) is 5.23. The molecule has 80 valence electrons. The van der Waals surface area contributed by atoms with Crippen LogP contribution in [0.5, 0.6) is 0 Å². The van der Waals surface area contributed by atoms with E-state index in [4.69, 9.17) is 0 Å². The van der Waals surface area contributed by atoms with Gasteiger partial charge in [0.2, 0.25) is 0 Å². The number of hydrogen-bond acceptors (Lipinski definition) is 3. The molecule has 1 N–H and O–H groups in total. The van der Waals surface area contributed by atoms with Crippen LogP contribution in [0.25, 0.3) is 0 Å². The van der Waals surface area contributed by atoms with Crippen LogP contribution in [0.2, 0.25) is 0 Å². The lowest BCUT2D eigenvalue weighted by atomic mass is 10.1. The van der Waals surface area contributed by atoms with Gasteiger partial charge in [-0.1, -0.05) is 25.5 Å². The number of isothiocyanates is 1. The molecule has 1 rings (SSSR count). The molecule has 2 nitrogen and oxygen atoms in total. The molecule has 0 unspecified atom stereocenters. The van der Waals surface area contributed by atoms with Crippen LogP contribution in [0.3, 0.4) is 0 Å². The zero-order chi connectivity index (χ0) is 10.9. The molecule has 1 aromatic rings. The third-order valence-electron chi connectivity index (χ3n) is 2.20. The molecule has 0 spiro atoms. The minimum absolute atomic E-state index is 0.498. The van der Waals surface area contributed by atoms with Crippen molar-refractivity contribution in [1.29, 1.82) is 0 Å². The summed E-state index contributed by atoms with van der Waals surface area (Å²) in [6, 6.07) is 8.45. The number of rotatable bonds is 6. The molecule has 0 amide bonds. The number of nitrogens with zero attached hydrogens (tertiary/aromatic N) is 1. The van der Waals surface area contributed by atoms with Gasteiger partial charge in [0.25, 0.3) is 0 Å². The number of hydrogen-bond donors (Lipinski definition) is 1. The summed E-state index contributed by atoms with van der Waals surface area (Å²) in [7, 11) is 0. The first-order valence-corrected chi connectivity index (χ1v) is 5.64. The Labute approximate surface area is 96.4 Å². The van der Waals surface area contributed by atoms with Gasteiger partial charge in [-0.15, -0.1) is 0 Å². The third-order valence-corrected chi connectivity index (χ3v) is 2.33. The summed E-state index contributed by atoms with van der Waals surface area (Å²) in [5, 5.41) is 5.46. The summed E-state index contributed by atoms with van der Waals surface area (Å²) < 4.78 is 0. The maximum atomic E-state index is 4.48. The number of anilines is 1. The van der Waals surface area contributed by atoms with Gasteiger partial charge in [-0.25, -0.2) is 4.99 Å². The van der Waals surface area contributed by atoms with Gasteiger partial charge in [-0.05, 0) is 42.8 Å². The number of aliphatic imine (C=N–C) groups is 1. The zero-order valence-electron chi connectivity index (χ0n) is 8.99. The van der Waals surface area contributed by atoms with Crippen molar-refractivity contribution < 1.29 is 0 Å². The van der Waals surface area contributed by atoms with Crippen LogP contribution in [-0.4, -0.2) is 11.8 Å². The molecule has 0 saturated carbocycles. The Hall–Kier alpha value is -1.18. The molecule has 0 aliphatic rings. The molecule has 1 aromatic carbocycles. The molecule has 15 heavy (non-hydrogen) atoms. The molecule has 0 saturated heterocycles. The zero-order valence-corrected chi connectivity index (χ0v) is 9.81. The van der Waals surface area contributed by atoms with E-state index in [1.165, 1.54) is 18.4 Å². The van der Waals surface area contributed by atoms with Crippen LogP contribution in [-0.2, 0) is 6.42 Å². The molecule has 0 aliphatic carbocycles. The fourth-order valence-corrected chi connectivity index (χ4v) is 1.40. The highest BCUT2D eigenvalue weighted by atomic mass is 32.1. The maximum absolute atomic E-state index is 4.48. The molecular weight excluding hydrogens is 204 g/mol. The second-order valence-corrected chi connectivity index (χ2v) is 3.57. The Kier molecular flexibility index (Phi) is 5.67. The van der Waals surface area contributed by atoms with E-state index in [2.05, 4.69) is 58.9 Å². The minimum Gasteiger partial charge on any atom is -0.366 e. The van der Waals surface area contributed by atoms with Gasteiger partial charge in [0.05, 0.1) is 5.16 Å². The molecule has 0 heterocycles. The predicted molar refractivity (Wildman–Crippen MR) is 68.6 cm³/mol. The average Bonchev–Trinajstić information content (AvgIpc) is 2.28. The van der Waals surface area contributed by atoms with Crippen molar-refractivity contribution in [3.63, 3.8) is 0 Å². The van der Waals surface area contributed by atoms with Crippen molar-refractivity contribution in [2.24, 2.45) is 4.99 Å². The van der Waals surface area contributed by atoms with E-state index >= 15 is 0 Å². The number of unbranched alkanes of at least 4 members (excludes halogenated alkanes) is 1. The predicted octanol–water partition coefficient (Wildman–Crippen LogP) is 3.50. The number of aryl methyl sites for hydroxylation is 1. The number of nitrogens with one attached hydrogen (secondary N) is 1. The van der Waals surface area contributed by atoms with E-state index in [0.29, 0.717) is 6.67 Å². The summed E-state index contributed by atoms with van der Waals surface area (Å²) in [6.45, 7) is 2.71. The summed E-state index contributed by atoms with van der Waals surface area (Å²) in [6.07, 6.45) is 3.65. The van der Waals surface area contributed by atoms with Crippen LogP contribution in [0.1, 0.15) is 25.3 Å². The molecule has 0 bridgehead atoms. The van der Waals surface area contributed by atoms with Crippen molar-refractivity contribution in [3.05, 3.63) is 29.8 Å². The molecule has 0 aromatic heterocycles. The quantitative estimate of drug-likeness (QED) is 0.586. The molecule has 0 radical (unpaired) electrons. The van der Waals surface area contributed by atoms with Crippen molar-refractivity contribution in [3.8, 4) is 0 Å². The molecule has 0 atom stereocenters. The highest BCUT2D eigenvalue weighted by Crippen LogP contribution is 2.11. The Morgan fingerprint density at radius 2 is 2.07 bits per heavy atom. The summed E-state index contributed by atoms with van der Waals surface area (Å²) in [4.78, 5) is 3.79. The lowest BCUT2D eigenvalue weighted by Gasteiger charge is -2.04. The van der Waals surface area contributed by atoms with Gasteiger partial charge in [-0.3, -0.25) is 0 Å². The Balaban J connectivity index is 2.44. The molecule has 0 aliphatic heterocycles. The lowest BCUT2D eigenvalue weighted by molar-refractivity contribution is 0.795. The molecular formula is C12H16N2S. The van der Waals surface area contributed by atoms with E-state index in [9.17, 15) is 0 Å². The summed E-state index contributed by atoms with van der Waals surface area (Å²) in [5.41, 5.74) is 2.46. The fourth-order valence-electron chi connectivity index (χ4n) is 1.33. The van der Waals surface area contributed by atoms with Gasteiger partial charge in [-0.2, -0.15) is 0 Å². The molecule has 3 heteroatoms. The SMILES string of the molecule is CCCCc1ccc(NCN=C=S)cc1. The first-order chi connectivity index (χ1) is 7.36. The van der Waals surface area contributed by atoms with Gasteiger partial charge < -0.3 is 5.32 Å². The summed E-state index contributed by atoms with van der Waals surface area (Å²) in [5.74, 6) is 0. The van der Waals surface area contributed by atoms with Crippen molar-refractivity contribution in [2.45, 2.75) is 26.2 Å². The van der Waals surface area contributed by atoms with E-state index in [1.54, 1.807) is 0 Å². The van der Waals surface area contributed by atoms with Crippen LogP contribution >= 0.6 is 12.2 Å². The normalized spacial score (nSPS) is 9.40. The smallest absolute Gasteiger partial charge is 0.118 e. The van der Waals surface area contributed by atoms with Crippen LogP contribution in [0.15, 0.2) is 29.3 Å². The second-order valence-electron chi connectivity index (χ2n) is 3.38. The second kappa shape index (κ2) is 7.16. The maximum Gasteiger partial charge on any atom is 0.118 e. The Bertz CT molecular complexity index is 326. The Morgan fingerprint density at radius 1 is 1.33 bits per heavy atom. The topological polar surface area (TPSA) is 24.4 Å². The fraction of sp³-hybridized carbons (Fsp3) is 0.417. The van der Waals surface area contributed by atoms with Gasteiger partial charge in [0, 0.05) is 5.69 Å². The van der Waals surface area contributed by atoms with Gasteiger partial charge in [0.15, 0.2) is 0 Å². The third kappa shape index (κ3) is 4.73. The highest BCUT2D eigenvalue weighted by molar-refractivity contribution is 7.78. The van der Waals surface area contributed by atoms with E-state index in [0.717, 1.165) is 12.1 Å². The standard InChI is InChI=1S/C12H16N2S/c1-2-3-4-11-5-7-12(8-6-11)14-9-13-10-15/h5-8,14H,2-4,9H2,1H3. The van der Waals surface area contributed by atoms with Crippen LogP contribution in [0.4, 0.5) is 5.69 Å². The monoisotopic (exact) mass is 220 g/mol. The van der Waals surface area contributed by atoms with E-state index in [-0.39, 0.29) is 0 Å². The van der Waals surface area contributed by atoms with Crippen LogP contribution in [0, 0.1) is 0 Å². The number of thiocarbonyl (C=S) groups is 1. The summed E-state index contributed by atoms with van der Waals surface area (Å²) >= 11 is 4.48. The largest absolute Gasteiger partial charge is 0.366 e. The van der Waals surface area contributed by atoms with Crippen molar-refractivity contribution in [2.75, 3.05) is 12.0 Å². The van der Waals surface area contributed by atoms with E-state index in [1.807, 2.05) is 0 Å². The Morgan fingerprint density at radius 3 is 2.67 bits per heavy atom. The van der Waals surface area contributed by atoms with Crippen LogP contribution < -0.4 is 5.32 Å². The van der Waals surface area contributed by atoms with E-state index < -0.39 is 0 Å². The average molecular weight is 220 g/mol. The molecule has 0 fully saturated rings. The van der Waals surface area contributed by atoms with Crippen molar-refractivity contribution in [1.82, 2.24) is 0 Å².